The van der Waals surface area contributed by atoms with E-state index >= 15 is 0 Å². The van der Waals surface area contributed by atoms with E-state index in [1.165, 1.54) is 4.90 Å². The Bertz CT molecular complexity index is 1060. The molecule has 2 aromatic heterocycles. The number of piperazine rings is 1. The van der Waals surface area contributed by atoms with Crippen LogP contribution in [-0.2, 0) is 11.8 Å². The number of carbonyl (C=O) groups excluding carboxylic acids is 1. The van der Waals surface area contributed by atoms with Gasteiger partial charge in [0.1, 0.15) is 0 Å². The van der Waals surface area contributed by atoms with Gasteiger partial charge in [-0.05, 0) is 18.6 Å². The molecule has 1 saturated heterocycles. The first-order chi connectivity index (χ1) is 14.3. The second-order valence-electron chi connectivity index (χ2n) is 6.68. The van der Waals surface area contributed by atoms with Gasteiger partial charge < -0.3 is 4.90 Å². The molecular weight excluding hydrogens is 342 g/mol. The van der Waals surface area contributed by atoms with Gasteiger partial charge in [0.15, 0.2) is 0 Å². The van der Waals surface area contributed by atoms with Crippen molar-refractivity contribution in [3.05, 3.63) is 36.8 Å². The lowest BCUT2D eigenvalue weighted by atomic mass is 10.1. The lowest BCUT2D eigenvalue weighted by molar-refractivity contribution is -0.117. The predicted octanol–water partition coefficient (Wildman–Crippen LogP) is 1.22. The van der Waals surface area contributed by atoms with Crippen molar-refractivity contribution in [2.24, 2.45) is 7.05 Å². The SMILES string of the molecule is [2H]C([2H])([2H])N1CCN(CC(=O)Nc2ncc3ccc(-c4cnn(C)c4)cc3n2)CC1. The van der Waals surface area contributed by atoms with Crippen LogP contribution in [0.25, 0.3) is 22.0 Å². The number of nitrogens with one attached hydrogen (secondary N) is 1. The predicted molar refractivity (Wildman–Crippen MR) is 104 cm³/mol. The first-order valence-corrected chi connectivity index (χ1v) is 8.81. The molecule has 0 radical (unpaired) electrons. The first kappa shape index (κ1) is 14.2. The largest absolute Gasteiger partial charge is 0.304 e. The van der Waals surface area contributed by atoms with Crippen LogP contribution in [-0.4, -0.2) is 75.2 Å². The Morgan fingerprint density at radius 1 is 1.22 bits per heavy atom. The zero-order valence-corrected chi connectivity index (χ0v) is 15.1. The summed E-state index contributed by atoms with van der Waals surface area (Å²) in [6.07, 6.45) is 5.40. The topological polar surface area (TPSA) is 79.2 Å². The Hall–Kier alpha value is -2.84. The van der Waals surface area contributed by atoms with Gasteiger partial charge in [-0.2, -0.15) is 5.10 Å². The second-order valence-corrected chi connectivity index (χ2v) is 6.68. The van der Waals surface area contributed by atoms with E-state index in [0.717, 1.165) is 22.0 Å². The van der Waals surface area contributed by atoms with Crippen LogP contribution < -0.4 is 5.32 Å². The van der Waals surface area contributed by atoms with E-state index in [9.17, 15) is 4.79 Å². The highest BCUT2D eigenvalue weighted by molar-refractivity contribution is 5.92. The minimum Gasteiger partial charge on any atom is -0.304 e. The quantitative estimate of drug-likeness (QED) is 0.746. The van der Waals surface area contributed by atoms with Crippen molar-refractivity contribution < 1.29 is 8.91 Å². The number of fused-ring (bicyclic) bond motifs is 1. The molecule has 1 aromatic carbocycles. The van der Waals surface area contributed by atoms with Crippen LogP contribution in [0.3, 0.4) is 0 Å². The Balaban J connectivity index is 1.40. The molecule has 140 valence electrons. The summed E-state index contributed by atoms with van der Waals surface area (Å²) >= 11 is 0. The molecule has 1 aliphatic heterocycles. The van der Waals surface area contributed by atoms with Gasteiger partial charge in [0.05, 0.1) is 18.3 Å². The number of amides is 1. The lowest BCUT2D eigenvalue weighted by Gasteiger charge is -2.31. The number of aryl methyl sites for hydroxylation is 1. The van der Waals surface area contributed by atoms with E-state index in [0.29, 0.717) is 26.2 Å². The van der Waals surface area contributed by atoms with E-state index < -0.39 is 6.98 Å². The summed E-state index contributed by atoms with van der Waals surface area (Å²) in [7, 11) is 1.86. The van der Waals surface area contributed by atoms with Gasteiger partial charge in [0.25, 0.3) is 0 Å². The van der Waals surface area contributed by atoms with Crippen LogP contribution in [0.2, 0.25) is 0 Å². The van der Waals surface area contributed by atoms with Crippen molar-refractivity contribution in [1.82, 2.24) is 29.5 Å². The average Bonchev–Trinajstić information content (AvgIpc) is 3.13. The smallest absolute Gasteiger partial charge is 0.240 e. The molecule has 1 aliphatic rings. The van der Waals surface area contributed by atoms with Crippen molar-refractivity contribution in [3.63, 3.8) is 0 Å². The summed E-state index contributed by atoms with van der Waals surface area (Å²) in [5.74, 6) is 0.0251. The van der Waals surface area contributed by atoms with Gasteiger partial charge >= 0.3 is 0 Å². The molecule has 1 N–H and O–H groups in total. The highest BCUT2D eigenvalue weighted by Crippen LogP contribution is 2.23. The van der Waals surface area contributed by atoms with E-state index in [2.05, 4.69) is 20.4 Å². The van der Waals surface area contributed by atoms with Crippen molar-refractivity contribution in [2.75, 3.05) is 45.0 Å². The molecule has 1 amide bonds. The number of carbonyl (C=O) groups is 1. The van der Waals surface area contributed by atoms with Gasteiger partial charge in [-0.1, -0.05) is 12.1 Å². The number of hydrogen-bond donors (Lipinski definition) is 1. The standard InChI is InChI=1S/C19H23N7O/c1-24-5-7-26(8-6-24)13-18(27)23-19-20-10-15-4-3-14(9-17(15)22-19)16-11-21-25(2)12-16/h3-4,9-12H,5-8,13H2,1-2H3,(H,20,22,23,27)/i1D3. The molecule has 0 saturated carbocycles. The number of rotatable bonds is 4. The molecule has 8 heteroatoms. The zero-order valence-electron chi connectivity index (χ0n) is 18.1. The first-order valence-electron chi connectivity index (χ1n) is 10.3. The van der Waals surface area contributed by atoms with E-state index in [1.807, 2.05) is 36.3 Å². The summed E-state index contributed by atoms with van der Waals surface area (Å²) in [5.41, 5.74) is 2.70. The molecule has 1 fully saturated rings. The summed E-state index contributed by atoms with van der Waals surface area (Å²) < 4.78 is 24.1. The average molecular weight is 368 g/mol. The van der Waals surface area contributed by atoms with Crippen molar-refractivity contribution >= 4 is 22.8 Å². The summed E-state index contributed by atoms with van der Waals surface area (Å²) in [4.78, 5) is 24.5. The Morgan fingerprint density at radius 3 is 2.81 bits per heavy atom. The molecule has 27 heavy (non-hydrogen) atoms. The fourth-order valence-electron chi connectivity index (χ4n) is 3.11. The molecule has 0 spiro atoms. The molecule has 3 heterocycles. The van der Waals surface area contributed by atoms with Gasteiger partial charge in [-0.15, -0.1) is 0 Å². The van der Waals surface area contributed by atoms with Crippen LogP contribution in [0.15, 0.2) is 36.8 Å². The molecule has 0 atom stereocenters. The number of anilines is 1. The summed E-state index contributed by atoms with van der Waals surface area (Å²) in [6, 6.07) is 5.87. The van der Waals surface area contributed by atoms with Crippen LogP contribution in [0.1, 0.15) is 4.11 Å². The number of nitrogens with zero attached hydrogens (tertiary/aromatic N) is 6. The fourth-order valence-corrected chi connectivity index (χ4v) is 3.11. The Labute approximate surface area is 162 Å². The molecule has 0 unspecified atom stereocenters. The molecule has 4 rings (SSSR count). The number of aromatic nitrogens is 4. The highest BCUT2D eigenvalue weighted by atomic mass is 16.2. The van der Waals surface area contributed by atoms with E-state index in [1.54, 1.807) is 17.1 Å². The van der Waals surface area contributed by atoms with Gasteiger partial charge in [0, 0.05) is 60.7 Å². The molecule has 0 bridgehead atoms. The number of likely N-dealkylation sites (N-methyl/N-ethyl adjacent to an activating group) is 1. The van der Waals surface area contributed by atoms with Crippen molar-refractivity contribution in [3.8, 4) is 11.1 Å². The highest BCUT2D eigenvalue weighted by Gasteiger charge is 2.17. The van der Waals surface area contributed by atoms with Gasteiger partial charge in [-0.3, -0.25) is 19.7 Å². The van der Waals surface area contributed by atoms with Crippen LogP contribution in [0, 0.1) is 0 Å². The van der Waals surface area contributed by atoms with Crippen molar-refractivity contribution in [2.45, 2.75) is 0 Å². The van der Waals surface area contributed by atoms with Gasteiger partial charge in [-0.25, -0.2) is 9.97 Å². The third-order valence-electron chi connectivity index (χ3n) is 4.61. The minimum absolute atomic E-state index is 0.173. The fraction of sp³-hybridized carbons (Fsp3) is 0.368. The Kier molecular flexibility index (Phi) is 3.91. The van der Waals surface area contributed by atoms with Crippen LogP contribution in [0.4, 0.5) is 5.95 Å². The maximum Gasteiger partial charge on any atom is 0.240 e. The molecule has 0 aliphatic carbocycles. The second kappa shape index (κ2) is 7.42. The van der Waals surface area contributed by atoms with Crippen LogP contribution >= 0.6 is 0 Å². The maximum atomic E-state index is 12.4. The molecule has 3 aromatic rings. The van der Waals surface area contributed by atoms with Gasteiger partial charge in [0.2, 0.25) is 11.9 Å². The van der Waals surface area contributed by atoms with Crippen molar-refractivity contribution in [1.29, 1.82) is 0 Å². The third-order valence-corrected chi connectivity index (χ3v) is 4.61. The Morgan fingerprint density at radius 2 is 2.07 bits per heavy atom. The molecule has 8 nitrogen and oxygen atoms in total. The summed E-state index contributed by atoms with van der Waals surface area (Å²) in [6.45, 7) is -0.0353. The lowest BCUT2D eigenvalue weighted by Crippen LogP contribution is -2.47. The normalized spacial score (nSPS) is 18.0. The number of benzene rings is 1. The molecular formula is C19H23N7O. The van der Waals surface area contributed by atoms with E-state index in [-0.39, 0.29) is 18.4 Å². The maximum absolute atomic E-state index is 12.4. The minimum atomic E-state index is -2.08. The van der Waals surface area contributed by atoms with Crippen LogP contribution in [0.5, 0.6) is 0 Å². The summed E-state index contributed by atoms with van der Waals surface area (Å²) in [5, 5.41) is 7.81. The van der Waals surface area contributed by atoms with E-state index in [4.69, 9.17) is 4.11 Å². The third kappa shape index (κ3) is 4.12. The zero-order chi connectivity index (χ0) is 21.3. The monoisotopic (exact) mass is 368 g/mol. The number of hydrogen-bond acceptors (Lipinski definition) is 6.